The SMILES string of the molecule is C[C@H]1C(=O)N2CCC[C@@H]2CN1S(=O)(=O)Cc1cccc(Cl)c1. The van der Waals surface area contributed by atoms with Gasteiger partial charge in [0.15, 0.2) is 0 Å². The Morgan fingerprint density at radius 2 is 2.14 bits per heavy atom. The zero-order chi connectivity index (χ0) is 15.9. The Kier molecular flexibility index (Phi) is 4.18. The lowest BCUT2D eigenvalue weighted by Gasteiger charge is -2.40. The molecule has 1 aromatic carbocycles. The van der Waals surface area contributed by atoms with Crippen LogP contribution in [0.25, 0.3) is 0 Å². The Morgan fingerprint density at radius 1 is 1.36 bits per heavy atom. The molecular weight excluding hydrogens is 324 g/mol. The van der Waals surface area contributed by atoms with E-state index in [0.717, 1.165) is 19.4 Å². The summed E-state index contributed by atoms with van der Waals surface area (Å²) in [7, 11) is -3.55. The van der Waals surface area contributed by atoms with E-state index in [1.165, 1.54) is 4.31 Å². The molecule has 0 aliphatic carbocycles. The second-order valence-electron chi connectivity index (χ2n) is 5.96. The Bertz CT molecular complexity index is 692. The molecule has 5 nitrogen and oxygen atoms in total. The fourth-order valence-electron chi connectivity index (χ4n) is 3.32. The molecule has 0 bridgehead atoms. The van der Waals surface area contributed by atoms with Gasteiger partial charge in [0.05, 0.1) is 5.75 Å². The molecule has 0 aromatic heterocycles. The van der Waals surface area contributed by atoms with Gasteiger partial charge in [0.2, 0.25) is 15.9 Å². The molecule has 0 unspecified atom stereocenters. The molecule has 2 saturated heterocycles. The van der Waals surface area contributed by atoms with Crippen molar-refractivity contribution in [3.63, 3.8) is 0 Å². The number of nitrogens with zero attached hydrogens (tertiary/aromatic N) is 2. The van der Waals surface area contributed by atoms with Crippen LogP contribution in [0.1, 0.15) is 25.3 Å². The molecule has 0 N–H and O–H groups in total. The van der Waals surface area contributed by atoms with Crippen molar-refractivity contribution >= 4 is 27.5 Å². The van der Waals surface area contributed by atoms with Gasteiger partial charge >= 0.3 is 0 Å². The molecule has 1 aromatic rings. The summed E-state index contributed by atoms with van der Waals surface area (Å²) < 4.78 is 26.8. The quantitative estimate of drug-likeness (QED) is 0.842. The van der Waals surface area contributed by atoms with Crippen LogP contribution in [-0.2, 0) is 20.6 Å². The number of hydrogen-bond donors (Lipinski definition) is 0. The number of carbonyl (C=O) groups is 1. The van der Waals surface area contributed by atoms with E-state index < -0.39 is 16.1 Å². The van der Waals surface area contributed by atoms with Gasteiger partial charge in [-0.05, 0) is 37.5 Å². The number of amides is 1. The van der Waals surface area contributed by atoms with Crippen molar-refractivity contribution in [2.75, 3.05) is 13.1 Å². The molecule has 7 heteroatoms. The third kappa shape index (κ3) is 2.87. The summed E-state index contributed by atoms with van der Waals surface area (Å²) in [5, 5.41) is 0.512. The lowest BCUT2D eigenvalue weighted by molar-refractivity contribution is -0.139. The Morgan fingerprint density at radius 3 is 2.86 bits per heavy atom. The average molecular weight is 343 g/mol. The number of sulfonamides is 1. The van der Waals surface area contributed by atoms with Gasteiger partial charge in [-0.2, -0.15) is 4.31 Å². The van der Waals surface area contributed by atoms with Crippen LogP contribution in [0.3, 0.4) is 0 Å². The fourth-order valence-corrected chi connectivity index (χ4v) is 5.27. The molecule has 22 heavy (non-hydrogen) atoms. The summed E-state index contributed by atoms with van der Waals surface area (Å²) in [6.45, 7) is 2.82. The second-order valence-corrected chi connectivity index (χ2v) is 8.32. The first-order valence-corrected chi connectivity index (χ1v) is 9.41. The molecule has 2 aliphatic rings. The van der Waals surface area contributed by atoms with Gasteiger partial charge in [0.1, 0.15) is 6.04 Å². The monoisotopic (exact) mass is 342 g/mol. The van der Waals surface area contributed by atoms with Crippen LogP contribution >= 0.6 is 11.6 Å². The van der Waals surface area contributed by atoms with Crippen molar-refractivity contribution in [3.05, 3.63) is 34.9 Å². The van der Waals surface area contributed by atoms with Gasteiger partial charge in [-0.3, -0.25) is 4.79 Å². The summed E-state index contributed by atoms with van der Waals surface area (Å²) in [5.41, 5.74) is 0.640. The van der Waals surface area contributed by atoms with E-state index >= 15 is 0 Å². The van der Waals surface area contributed by atoms with E-state index in [4.69, 9.17) is 11.6 Å². The highest BCUT2D eigenvalue weighted by Crippen LogP contribution is 2.28. The maximum absolute atomic E-state index is 12.7. The van der Waals surface area contributed by atoms with Gasteiger partial charge in [-0.1, -0.05) is 23.7 Å². The van der Waals surface area contributed by atoms with E-state index in [2.05, 4.69) is 0 Å². The molecule has 1 amide bonds. The molecular formula is C15H19ClN2O3S. The van der Waals surface area contributed by atoms with Crippen LogP contribution in [0.4, 0.5) is 0 Å². The van der Waals surface area contributed by atoms with Crippen LogP contribution < -0.4 is 0 Å². The number of piperazine rings is 1. The van der Waals surface area contributed by atoms with E-state index in [1.807, 2.05) is 4.90 Å². The molecule has 0 saturated carbocycles. The fraction of sp³-hybridized carbons (Fsp3) is 0.533. The molecule has 0 radical (unpaired) electrons. The molecule has 2 heterocycles. The smallest absolute Gasteiger partial charge is 0.241 e. The number of carbonyl (C=O) groups excluding carboxylic acids is 1. The first-order chi connectivity index (χ1) is 10.4. The molecule has 3 rings (SSSR count). The number of rotatable bonds is 3. The van der Waals surface area contributed by atoms with Crippen molar-refractivity contribution in [1.82, 2.24) is 9.21 Å². The highest BCUT2D eigenvalue weighted by molar-refractivity contribution is 7.88. The van der Waals surface area contributed by atoms with Crippen LogP contribution in [0.15, 0.2) is 24.3 Å². The Labute approximate surface area is 135 Å². The standard InChI is InChI=1S/C15H19ClN2O3S/c1-11-15(19)17-7-3-6-14(17)9-18(11)22(20,21)10-12-4-2-5-13(16)8-12/h2,4-5,8,11,14H,3,6-7,9-10H2,1H3/t11-,14+/m0/s1. The molecule has 2 atom stereocenters. The van der Waals surface area contributed by atoms with Gasteiger partial charge < -0.3 is 4.90 Å². The first kappa shape index (κ1) is 15.8. The summed E-state index contributed by atoms with van der Waals surface area (Å²) in [6, 6.07) is 6.23. The van der Waals surface area contributed by atoms with E-state index in [-0.39, 0.29) is 17.7 Å². The van der Waals surface area contributed by atoms with Gasteiger partial charge in [-0.25, -0.2) is 8.42 Å². The van der Waals surface area contributed by atoms with Crippen molar-refractivity contribution in [2.24, 2.45) is 0 Å². The average Bonchev–Trinajstić information content (AvgIpc) is 2.90. The minimum Gasteiger partial charge on any atom is -0.337 e. The number of fused-ring (bicyclic) bond motifs is 1. The van der Waals surface area contributed by atoms with Gasteiger partial charge in [0.25, 0.3) is 0 Å². The zero-order valence-corrected chi connectivity index (χ0v) is 14.0. The summed E-state index contributed by atoms with van der Waals surface area (Å²) in [6.07, 6.45) is 1.83. The van der Waals surface area contributed by atoms with Gasteiger partial charge in [-0.15, -0.1) is 0 Å². The third-order valence-electron chi connectivity index (χ3n) is 4.44. The van der Waals surface area contributed by atoms with Crippen LogP contribution in [0.2, 0.25) is 5.02 Å². The van der Waals surface area contributed by atoms with Crippen LogP contribution in [0, 0.1) is 0 Å². The summed E-state index contributed by atoms with van der Waals surface area (Å²) in [4.78, 5) is 14.2. The second kappa shape index (κ2) is 5.83. The largest absolute Gasteiger partial charge is 0.337 e. The summed E-state index contributed by atoms with van der Waals surface area (Å²) >= 11 is 5.92. The maximum Gasteiger partial charge on any atom is 0.241 e. The topological polar surface area (TPSA) is 57.7 Å². The van der Waals surface area contributed by atoms with Crippen molar-refractivity contribution in [2.45, 2.75) is 37.6 Å². The summed E-state index contributed by atoms with van der Waals surface area (Å²) in [5.74, 6) is -0.207. The maximum atomic E-state index is 12.7. The minimum absolute atomic E-state index is 0.0258. The number of benzene rings is 1. The predicted molar refractivity (Wildman–Crippen MR) is 85.0 cm³/mol. The van der Waals surface area contributed by atoms with E-state index in [0.29, 0.717) is 17.1 Å². The number of halogens is 1. The van der Waals surface area contributed by atoms with Gasteiger partial charge in [0, 0.05) is 24.2 Å². The third-order valence-corrected chi connectivity index (χ3v) is 6.55. The zero-order valence-electron chi connectivity index (χ0n) is 12.4. The van der Waals surface area contributed by atoms with Crippen molar-refractivity contribution < 1.29 is 13.2 Å². The lowest BCUT2D eigenvalue weighted by atomic mass is 10.1. The minimum atomic E-state index is -3.55. The Hall–Kier alpha value is -1.11. The highest BCUT2D eigenvalue weighted by Gasteiger charge is 2.44. The van der Waals surface area contributed by atoms with Crippen LogP contribution in [-0.4, -0.2) is 48.7 Å². The normalized spacial score (nSPS) is 26.3. The highest BCUT2D eigenvalue weighted by atomic mass is 35.5. The molecule has 2 fully saturated rings. The Balaban J connectivity index is 1.83. The van der Waals surface area contributed by atoms with Crippen molar-refractivity contribution in [3.8, 4) is 0 Å². The number of hydrogen-bond acceptors (Lipinski definition) is 3. The van der Waals surface area contributed by atoms with Crippen LogP contribution in [0.5, 0.6) is 0 Å². The molecule has 2 aliphatic heterocycles. The predicted octanol–water partition coefficient (Wildman–Crippen LogP) is 1.86. The van der Waals surface area contributed by atoms with E-state index in [1.54, 1.807) is 31.2 Å². The van der Waals surface area contributed by atoms with E-state index in [9.17, 15) is 13.2 Å². The van der Waals surface area contributed by atoms with Crippen molar-refractivity contribution in [1.29, 1.82) is 0 Å². The molecule has 0 spiro atoms. The molecule has 120 valence electrons. The lowest BCUT2D eigenvalue weighted by Crippen LogP contribution is -2.60. The first-order valence-electron chi connectivity index (χ1n) is 7.43.